The van der Waals surface area contributed by atoms with Gasteiger partial charge in [0.25, 0.3) is 0 Å². The molecule has 1 saturated carbocycles. The van der Waals surface area contributed by atoms with Gasteiger partial charge in [-0.1, -0.05) is 0 Å². The van der Waals surface area contributed by atoms with Gasteiger partial charge in [-0.25, -0.2) is 4.98 Å². The molecule has 5 nitrogen and oxygen atoms in total. The molecule has 1 aliphatic heterocycles. The average Bonchev–Trinajstić information content (AvgIpc) is 3.33. The van der Waals surface area contributed by atoms with Crippen molar-refractivity contribution in [2.75, 3.05) is 30.4 Å². The number of amides is 1. The molecule has 0 bridgehead atoms. The van der Waals surface area contributed by atoms with Crippen LogP contribution in [-0.2, 0) is 4.79 Å². The Labute approximate surface area is 119 Å². The summed E-state index contributed by atoms with van der Waals surface area (Å²) in [5.41, 5.74) is 1.14. The van der Waals surface area contributed by atoms with Crippen molar-refractivity contribution >= 4 is 17.4 Å². The largest absolute Gasteiger partial charge is 0.370 e. The van der Waals surface area contributed by atoms with Crippen LogP contribution in [0.2, 0.25) is 0 Å². The van der Waals surface area contributed by atoms with E-state index in [4.69, 9.17) is 0 Å². The quantitative estimate of drug-likeness (QED) is 0.876. The topological polar surface area (TPSA) is 57.3 Å². The van der Waals surface area contributed by atoms with Crippen LogP contribution < -0.4 is 15.5 Å². The van der Waals surface area contributed by atoms with Gasteiger partial charge in [0.15, 0.2) is 0 Å². The number of nitrogens with zero attached hydrogens (tertiary/aromatic N) is 2. The van der Waals surface area contributed by atoms with Crippen molar-refractivity contribution in [1.82, 2.24) is 10.3 Å². The first kappa shape index (κ1) is 13.4. The standard InChI is InChI=1S/C15H22N4O/c1-16-12-6-8-19(9-7-12)13-4-5-14(17-10-13)18-15(20)11-2-3-11/h4-5,10-12,16H,2-3,6-9H2,1H3,(H,17,18,20). The van der Waals surface area contributed by atoms with E-state index in [2.05, 4.69) is 26.6 Å². The SMILES string of the molecule is CNC1CCN(c2ccc(NC(=O)C3CC3)nc2)CC1. The van der Waals surface area contributed by atoms with Crippen molar-refractivity contribution in [3.8, 4) is 0 Å². The number of hydrogen-bond donors (Lipinski definition) is 2. The number of piperidine rings is 1. The minimum atomic E-state index is 0.111. The normalized spacial score (nSPS) is 19.9. The molecule has 2 heterocycles. The molecule has 0 unspecified atom stereocenters. The third kappa shape index (κ3) is 3.10. The van der Waals surface area contributed by atoms with Gasteiger partial charge in [0.1, 0.15) is 5.82 Å². The Morgan fingerprint density at radius 3 is 2.55 bits per heavy atom. The summed E-state index contributed by atoms with van der Waals surface area (Å²) in [6.45, 7) is 2.11. The van der Waals surface area contributed by atoms with Crippen LogP contribution in [0.3, 0.4) is 0 Å². The zero-order chi connectivity index (χ0) is 13.9. The van der Waals surface area contributed by atoms with E-state index >= 15 is 0 Å². The summed E-state index contributed by atoms with van der Waals surface area (Å²) in [4.78, 5) is 18.4. The van der Waals surface area contributed by atoms with Gasteiger partial charge in [-0.3, -0.25) is 4.79 Å². The number of aromatic nitrogens is 1. The maximum atomic E-state index is 11.7. The highest BCUT2D eigenvalue weighted by molar-refractivity contribution is 5.93. The summed E-state index contributed by atoms with van der Waals surface area (Å²) in [5.74, 6) is 0.993. The Bertz CT molecular complexity index is 461. The van der Waals surface area contributed by atoms with Gasteiger partial charge in [-0.2, -0.15) is 0 Å². The molecule has 0 atom stereocenters. The second-order valence-electron chi connectivity index (χ2n) is 5.72. The molecule has 2 aliphatic rings. The van der Waals surface area contributed by atoms with Crippen molar-refractivity contribution in [1.29, 1.82) is 0 Å². The van der Waals surface area contributed by atoms with Crippen LogP contribution in [0.1, 0.15) is 25.7 Å². The predicted octanol–water partition coefficient (Wildman–Crippen LogP) is 1.62. The van der Waals surface area contributed by atoms with Gasteiger partial charge < -0.3 is 15.5 Å². The molecule has 1 aliphatic carbocycles. The van der Waals surface area contributed by atoms with E-state index in [1.807, 2.05) is 19.3 Å². The lowest BCUT2D eigenvalue weighted by molar-refractivity contribution is -0.117. The Morgan fingerprint density at radius 1 is 1.25 bits per heavy atom. The molecule has 108 valence electrons. The molecule has 3 rings (SSSR count). The third-order valence-electron chi connectivity index (χ3n) is 4.22. The second-order valence-corrected chi connectivity index (χ2v) is 5.72. The van der Waals surface area contributed by atoms with E-state index in [9.17, 15) is 4.79 Å². The van der Waals surface area contributed by atoms with Crippen molar-refractivity contribution in [2.24, 2.45) is 5.92 Å². The minimum Gasteiger partial charge on any atom is -0.370 e. The van der Waals surface area contributed by atoms with E-state index in [1.165, 1.54) is 0 Å². The van der Waals surface area contributed by atoms with Crippen molar-refractivity contribution in [3.63, 3.8) is 0 Å². The molecule has 5 heteroatoms. The van der Waals surface area contributed by atoms with Crippen LogP contribution >= 0.6 is 0 Å². The van der Waals surface area contributed by atoms with Crippen molar-refractivity contribution < 1.29 is 4.79 Å². The first-order valence-corrected chi connectivity index (χ1v) is 7.45. The number of carbonyl (C=O) groups excluding carboxylic acids is 1. The summed E-state index contributed by atoms with van der Waals surface area (Å²) < 4.78 is 0. The highest BCUT2D eigenvalue weighted by atomic mass is 16.2. The van der Waals surface area contributed by atoms with E-state index in [1.54, 1.807) is 0 Å². The molecule has 2 N–H and O–H groups in total. The lowest BCUT2D eigenvalue weighted by Gasteiger charge is -2.33. The highest BCUT2D eigenvalue weighted by Crippen LogP contribution is 2.30. The monoisotopic (exact) mass is 274 g/mol. The lowest BCUT2D eigenvalue weighted by atomic mass is 10.1. The maximum Gasteiger partial charge on any atom is 0.228 e. The zero-order valence-electron chi connectivity index (χ0n) is 11.9. The Morgan fingerprint density at radius 2 is 2.00 bits per heavy atom. The van der Waals surface area contributed by atoms with Crippen LogP contribution in [0, 0.1) is 5.92 Å². The van der Waals surface area contributed by atoms with E-state index in [0.717, 1.165) is 44.5 Å². The molecule has 2 fully saturated rings. The van der Waals surface area contributed by atoms with Crippen LogP contribution in [0.4, 0.5) is 11.5 Å². The Balaban J connectivity index is 1.57. The van der Waals surface area contributed by atoms with Gasteiger partial charge in [-0.05, 0) is 44.9 Å². The van der Waals surface area contributed by atoms with Gasteiger partial charge in [0.05, 0.1) is 11.9 Å². The Kier molecular flexibility index (Phi) is 3.87. The molecular formula is C15H22N4O. The van der Waals surface area contributed by atoms with Crippen LogP contribution in [0.5, 0.6) is 0 Å². The molecule has 20 heavy (non-hydrogen) atoms. The maximum absolute atomic E-state index is 11.7. The number of anilines is 2. The third-order valence-corrected chi connectivity index (χ3v) is 4.22. The summed E-state index contributed by atoms with van der Waals surface area (Å²) in [7, 11) is 2.03. The number of nitrogens with one attached hydrogen (secondary N) is 2. The number of carbonyl (C=O) groups is 1. The molecule has 1 aromatic heterocycles. The predicted molar refractivity (Wildman–Crippen MR) is 79.9 cm³/mol. The molecule has 1 saturated heterocycles. The fraction of sp³-hybridized carbons (Fsp3) is 0.600. The summed E-state index contributed by atoms with van der Waals surface area (Å²) in [5, 5.41) is 6.20. The molecule has 0 spiro atoms. The van der Waals surface area contributed by atoms with Crippen LogP contribution in [0.15, 0.2) is 18.3 Å². The number of hydrogen-bond acceptors (Lipinski definition) is 4. The van der Waals surface area contributed by atoms with Crippen molar-refractivity contribution in [3.05, 3.63) is 18.3 Å². The van der Waals surface area contributed by atoms with Gasteiger partial charge in [0, 0.05) is 25.0 Å². The van der Waals surface area contributed by atoms with Crippen LogP contribution in [-0.4, -0.2) is 37.1 Å². The van der Waals surface area contributed by atoms with E-state index in [-0.39, 0.29) is 11.8 Å². The molecule has 0 aromatic carbocycles. The smallest absolute Gasteiger partial charge is 0.228 e. The average molecular weight is 274 g/mol. The first-order valence-electron chi connectivity index (χ1n) is 7.45. The summed E-state index contributed by atoms with van der Waals surface area (Å²) in [6.07, 6.45) is 6.23. The van der Waals surface area contributed by atoms with Gasteiger partial charge in [-0.15, -0.1) is 0 Å². The van der Waals surface area contributed by atoms with Crippen molar-refractivity contribution in [2.45, 2.75) is 31.7 Å². The summed E-state index contributed by atoms with van der Waals surface area (Å²) >= 11 is 0. The molecule has 1 aromatic rings. The van der Waals surface area contributed by atoms with E-state index < -0.39 is 0 Å². The molecular weight excluding hydrogens is 252 g/mol. The highest BCUT2D eigenvalue weighted by Gasteiger charge is 2.29. The molecule has 0 radical (unpaired) electrons. The number of pyridine rings is 1. The molecule has 1 amide bonds. The summed E-state index contributed by atoms with van der Waals surface area (Å²) in [6, 6.07) is 4.59. The van der Waals surface area contributed by atoms with E-state index in [0.29, 0.717) is 11.9 Å². The fourth-order valence-electron chi connectivity index (χ4n) is 2.65. The fourth-order valence-corrected chi connectivity index (χ4v) is 2.65. The minimum absolute atomic E-state index is 0.111. The second kappa shape index (κ2) is 5.79. The zero-order valence-corrected chi connectivity index (χ0v) is 11.9. The van der Waals surface area contributed by atoms with Crippen LogP contribution in [0.25, 0.3) is 0 Å². The Hall–Kier alpha value is -1.62. The number of rotatable bonds is 4. The van der Waals surface area contributed by atoms with Gasteiger partial charge in [0.2, 0.25) is 5.91 Å². The first-order chi connectivity index (χ1) is 9.76. The van der Waals surface area contributed by atoms with Gasteiger partial charge >= 0.3 is 0 Å². The lowest BCUT2D eigenvalue weighted by Crippen LogP contribution is -2.41.